The van der Waals surface area contributed by atoms with Crippen molar-refractivity contribution in [2.24, 2.45) is 4.99 Å². The van der Waals surface area contributed by atoms with Gasteiger partial charge in [-0.1, -0.05) is 18.2 Å². The molecule has 0 saturated heterocycles. The van der Waals surface area contributed by atoms with E-state index in [0.29, 0.717) is 31.0 Å². The fourth-order valence-corrected chi connectivity index (χ4v) is 2.13. The average Bonchev–Trinajstić information content (AvgIpc) is 2.42. The van der Waals surface area contributed by atoms with Crippen LogP contribution in [0.15, 0.2) is 29.3 Å². The van der Waals surface area contributed by atoms with Crippen molar-refractivity contribution >= 4 is 40.0 Å². The molecular weight excluding hydrogens is 422 g/mol. The first-order valence-corrected chi connectivity index (χ1v) is 8.44. The van der Waals surface area contributed by atoms with Gasteiger partial charge >= 0.3 is 0 Å². The molecule has 9 heteroatoms. The maximum absolute atomic E-state index is 13.4. The molecule has 0 heterocycles. The zero-order chi connectivity index (χ0) is 15.7. The Morgan fingerprint density at radius 2 is 1.82 bits per heavy atom. The number of guanidine groups is 1. The Morgan fingerprint density at radius 3 is 2.41 bits per heavy atom. The summed E-state index contributed by atoms with van der Waals surface area (Å²) in [6.45, 7) is 1.21. The van der Waals surface area contributed by atoms with Gasteiger partial charge in [0.15, 0.2) is 5.96 Å². The quantitative estimate of drug-likeness (QED) is 0.250. The predicted molar refractivity (Wildman–Crippen MR) is 97.7 cm³/mol. The van der Waals surface area contributed by atoms with Gasteiger partial charge in [0, 0.05) is 26.7 Å². The van der Waals surface area contributed by atoms with Crippen LogP contribution in [0, 0.1) is 5.82 Å². The Bertz CT molecular complexity index is 581. The van der Waals surface area contributed by atoms with Crippen LogP contribution in [0.1, 0.15) is 5.56 Å². The summed E-state index contributed by atoms with van der Waals surface area (Å²) in [4.78, 5) is 4.00. The van der Waals surface area contributed by atoms with Gasteiger partial charge < -0.3 is 10.6 Å². The molecule has 0 unspecified atom stereocenters. The number of halogens is 2. The highest BCUT2D eigenvalue weighted by molar-refractivity contribution is 14.0. The largest absolute Gasteiger partial charge is 0.356 e. The van der Waals surface area contributed by atoms with E-state index in [1.165, 1.54) is 6.07 Å². The maximum Gasteiger partial charge on any atom is 0.208 e. The van der Waals surface area contributed by atoms with Crippen molar-refractivity contribution in [2.75, 3.05) is 32.9 Å². The molecule has 1 rings (SSSR count). The van der Waals surface area contributed by atoms with E-state index in [9.17, 15) is 12.8 Å². The van der Waals surface area contributed by atoms with Crippen LogP contribution in [0.3, 0.4) is 0 Å². The summed E-state index contributed by atoms with van der Waals surface area (Å²) in [7, 11) is -1.56. The van der Waals surface area contributed by atoms with Gasteiger partial charge in [-0.2, -0.15) is 0 Å². The van der Waals surface area contributed by atoms with Crippen molar-refractivity contribution in [1.29, 1.82) is 0 Å². The number of benzene rings is 1. The lowest BCUT2D eigenvalue weighted by molar-refractivity contribution is 0.586. The van der Waals surface area contributed by atoms with Gasteiger partial charge in [0.25, 0.3) is 0 Å². The number of aliphatic imine (C=N–C) groups is 1. The van der Waals surface area contributed by atoms with E-state index in [0.717, 1.165) is 6.26 Å². The first kappa shape index (κ1) is 21.1. The second-order valence-electron chi connectivity index (χ2n) is 4.43. The molecule has 3 N–H and O–H groups in total. The van der Waals surface area contributed by atoms with E-state index < -0.39 is 10.0 Å². The highest BCUT2D eigenvalue weighted by Gasteiger charge is 2.02. The average molecular weight is 444 g/mol. The Labute approximate surface area is 148 Å². The van der Waals surface area contributed by atoms with Gasteiger partial charge in [0.2, 0.25) is 10.0 Å². The number of nitrogens with zero attached hydrogens (tertiary/aromatic N) is 1. The van der Waals surface area contributed by atoms with Crippen molar-refractivity contribution in [2.45, 2.75) is 6.42 Å². The molecule has 22 heavy (non-hydrogen) atoms. The molecule has 0 aliphatic carbocycles. The van der Waals surface area contributed by atoms with Crippen LogP contribution in [0.5, 0.6) is 0 Å². The summed E-state index contributed by atoms with van der Waals surface area (Å²) in [5.41, 5.74) is 0.638. The number of rotatable bonds is 7. The molecule has 0 spiro atoms. The summed E-state index contributed by atoms with van der Waals surface area (Å²) in [5, 5.41) is 6.00. The smallest absolute Gasteiger partial charge is 0.208 e. The standard InChI is InChI=1S/C13H21FN4O2S.HI/c1-15-13(17-9-10-18-21(2,19)20)16-8-7-11-5-3-4-6-12(11)14;/h3-6,18H,7-10H2,1-2H3,(H2,15,16,17);1H. The molecule has 0 amide bonds. The fourth-order valence-electron chi connectivity index (χ4n) is 1.65. The van der Waals surface area contributed by atoms with Gasteiger partial charge in [-0.3, -0.25) is 4.99 Å². The molecule has 6 nitrogen and oxygen atoms in total. The van der Waals surface area contributed by atoms with Crippen molar-refractivity contribution in [3.8, 4) is 0 Å². The van der Waals surface area contributed by atoms with Crippen molar-refractivity contribution in [3.63, 3.8) is 0 Å². The molecule has 126 valence electrons. The molecule has 0 atom stereocenters. The third kappa shape index (κ3) is 9.15. The second kappa shape index (κ2) is 10.7. The minimum atomic E-state index is -3.18. The Hall–Kier alpha value is -0.940. The van der Waals surface area contributed by atoms with Crippen molar-refractivity contribution in [3.05, 3.63) is 35.6 Å². The summed E-state index contributed by atoms with van der Waals surface area (Å²) < 4.78 is 37.6. The molecule has 0 aromatic heterocycles. The van der Waals surface area contributed by atoms with Crippen LogP contribution in [0.2, 0.25) is 0 Å². The van der Waals surface area contributed by atoms with Gasteiger partial charge in [-0.15, -0.1) is 24.0 Å². The monoisotopic (exact) mass is 444 g/mol. The number of sulfonamides is 1. The van der Waals surface area contributed by atoms with E-state index >= 15 is 0 Å². The van der Waals surface area contributed by atoms with Crippen LogP contribution in [-0.2, 0) is 16.4 Å². The van der Waals surface area contributed by atoms with Crippen molar-refractivity contribution in [1.82, 2.24) is 15.4 Å². The first-order chi connectivity index (χ1) is 9.92. The van der Waals surface area contributed by atoms with Crippen molar-refractivity contribution < 1.29 is 12.8 Å². The maximum atomic E-state index is 13.4. The molecular formula is C13H22FIN4O2S. The van der Waals surface area contributed by atoms with Crippen LogP contribution < -0.4 is 15.4 Å². The Morgan fingerprint density at radius 1 is 1.18 bits per heavy atom. The van der Waals surface area contributed by atoms with Crippen LogP contribution >= 0.6 is 24.0 Å². The van der Waals surface area contributed by atoms with Crippen LogP contribution in [-0.4, -0.2) is 47.3 Å². The molecule has 0 aliphatic heterocycles. The third-order valence-corrected chi connectivity index (χ3v) is 3.38. The zero-order valence-electron chi connectivity index (χ0n) is 12.6. The molecule has 0 bridgehead atoms. The molecule has 1 aromatic carbocycles. The highest BCUT2D eigenvalue weighted by Crippen LogP contribution is 2.05. The van der Waals surface area contributed by atoms with Gasteiger partial charge in [0.1, 0.15) is 5.82 Å². The minimum absolute atomic E-state index is 0. The van der Waals surface area contributed by atoms with Gasteiger partial charge in [-0.05, 0) is 18.1 Å². The SMILES string of the molecule is CN=C(NCCNS(C)(=O)=O)NCCc1ccccc1F.I. The lowest BCUT2D eigenvalue weighted by atomic mass is 10.1. The second-order valence-corrected chi connectivity index (χ2v) is 6.27. The number of hydrogen-bond acceptors (Lipinski definition) is 3. The summed E-state index contributed by atoms with van der Waals surface area (Å²) >= 11 is 0. The van der Waals surface area contributed by atoms with E-state index in [-0.39, 0.29) is 36.3 Å². The van der Waals surface area contributed by atoms with E-state index in [1.54, 1.807) is 25.2 Å². The first-order valence-electron chi connectivity index (χ1n) is 6.55. The highest BCUT2D eigenvalue weighted by atomic mass is 127. The Balaban J connectivity index is 0.00000441. The predicted octanol–water partition coefficient (Wildman–Crippen LogP) is 0.700. The molecule has 0 saturated carbocycles. The van der Waals surface area contributed by atoms with Gasteiger partial charge in [0.05, 0.1) is 6.26 Å². The van der Waals surface area contributed by atoms with E-state index in [4.69, 9.17) is 0 Å². The normalized spacial score (nSPS) is 11.7. The summed E-state index contributed by atoms with van der Waals surface area (Å²) in [6.07, 6.45) is 1.64. The minimum Gasteiger partial charge on any atom is -0.356 e. The zero-order valence-corrected chi connectivity index (χ0v) is 15.7. The summed E-state index contributed by atoms with van der Waals surface area (Å²) in [6, 6.07) is 6.62. The van der Waals surface area contributed by atoms with Crippen LogP contribution in [0.4, 0.5) is 4.39 Å². The number of hydrogen-bond donors (Lipinski definition) is 3. The topological polar surface area (TPSA) is 82.6 Å². The van der Waals surface area contributed by atoms with Gasteiger partial charge in [-0.25, -0.2) is 17.5 Å². The molecule has 0 aliphatic rings. The van der Waals surface area contributed by atoms with E-state index in [1.807, 2.05) is 0 Å². The summed E-state index contributed by atoms with van der Waals surface area (Å²) in [5.74, 6) is 0.321. The molecule has 0 radical (unpaired) electrons. The third-order valence-electron chi connectivity index (χ3n) is 2.65. The lowest BCUT2D eigenvalue weighted by Gasteiger charge is -2.12. The number of nitrogens with one attached hydrogen (secondary N) is 3. The lowest BCUT2D eigenvalue weighted by Crippen LogP contribution is -2.42. The fraction of sp³-hybridized carbons (Fsp3) is 0.462. The molecule has 0 fully saturated rings. The van der Waals surface area contributed by atoms with Crippen LogP contribution in [0.25, 0.3) is 0 Å². The van der Waals surface area contributed by atoms with E-state index in [2.05, 4.69) is 20.3 Å². The molecule has 1 aromatic rings. The Kier molecular flexibility index (Phi) is 10.3.